The van der Waals surface area contributed by atoms with Crippen molar-refractivity contribution in [2.24, 2.45) is 7.05 Å². The summed E-state index contributed by atoms with van der Waals surface area (Å²) >= 11 is 0. The van der Waals surface area contributed by atoms with Gasteiger partial charge in [-0.1, -0.05) is 0 Å². The van der Waals surface area contributed by atoms with Crippen LogP contribution in [0.25, 0.3) is 0 Å². The van der Waals surface area contributed by atoms with E-state index in [1.165, 1.54) is 0 Å². The van der Waals surface area contributed by atoms with Crippen LogP contribution in [0.3, 0.4) is 0 Å². The van der Waals surface area contributed by atoms with Gasteiger partial charge in [0.2, 0.25) is 5.95 Å². The van der Waals surface area contributed by atoms with E-state index in [2.05, 4.69) is 10.1 Å². The van der Waals surface area contributed by atoms with Crippen LogP contribution in [-0.4, -0.2) is 69.3 Å². The van der Waals surface area contributed by atoms with Crippen LogP contribution >= 0.6 is 0 Å². The highest BCUT2D eigenvalue weighted by Gasteiger charge is 2.47. The van der Waals surface area contributed by atoms with Gasteiger partial charge in [0.1, 0.15) is 0 Å². The van der Waals surface area contributed by atoms with Gasteiger partial charge in [0, 0.05) is 64.0 Å². The summed E-state index contributed by atoms with van der Waals surface area (Å²) in [6.07, 6.45) is 5.40. The largest absolute Gasteiger partial charge is 0.376 e. The van der Waals surface area contributed by atoms with Gasteiger partial charge in [-0.2, -0.15) is 5.10 Å². The lowest BCUT2D eigenvalue weighted by Crippen LogP contribution is -2.43. The number of anilines is 1. The van der Waals surface area contributed by atoms with Crippen molar-refractivity contribution in [2.45, 2.75) is 37.2 Å². The van der Waals surface area contributed by atoms with E-state index < -0.39 is 11.3 Å². The summed E-state index contributed by atoms with van der Waals surface area (Å²) in [6, 6.07) is 0. The van der Waals surface area contributed by atoms with Crippen LogP contribution in [0.15, 0.2) is 18.6 Å². The number of aryl methyl sites for hydroxylation is 1. The van der Waals surface area contributed by atoms with E-state index >= 15 is 0 Å². The molecule has 2 aromatic rings. The number of fused-ring (bicyclic) bond motifs is 2. The lowest BCUT2D eigenvalue weighted by atomic mass is 9.80. The SMILES string of the molecule is Cn1cc(C(=O)N2CC[C@@]3(COCc4cnc(N5CCC(F)(F)CC5)nc43)C2)cn1. The molecule has 0 bridgehead atoms. The molecule has 0 aliphatic carbocycles. The maximum absolute atomic E-state index is 13.5. The second-order valence-corrected chi connectivity index (χ2v) is 8.54. The number of likely N-dealkylation sites (tertiary alicyclic amines) is 1. The highest BCUT2D eigenvalue weighted by atomic mass is 19.3. The molecule has 10 heteroatoms. The van der Waals surface area contributed by atoms with Crippen molar-refractivity contribution < 1.29 is 18.3 Å². The van der Waals surface area contributed by atoms with Crippen LogP contribution in [-0.2, 0) is 23.8 Å². The number of amides is 1. The molecule has 1 spiro atoms. The molecule has 2 aromatic heterocycles. The topological polar surface area (TPSA) is 76.4 Å². The summed E-state index contributed by atoms with van der Waals surface area (Å²) in [5, 5.41) is 4.09. The van der Waals surface area contributed by atoms with Gasteiger partial charge in [-0.3, -0.25) is 9.48 Å². The molecule has 3 aliphatic rings. The molecule has 2 saturated heterocycles. The Bertz CT molecular complexity index is 970. The predicted octanol–water partition coefficient (Wildman–Crippen LogP) is 1.76. The first kappa shape index (κ1) is 19.3. The van der Waals surface area contributed by atoms with Crippen molar-refractivity contribution in [1.82, 2.24) is 24.6 Å². The highest BCUT2D eigenvalue weighted by molar-refractivity contribution is 5.94. The number of hydrogen-bond acceptors (Lipinski definition) is 6. The fraction of sp³-hybridized carbons (Fsp3) is 0.600. The van der Waals surface area contributed by atoms with Crippen molar-refractivity contribution in [2.75, 3.05) is 37.7 Å². The minimum Gasteiger partial charge on any atom is -0.376 e. The van der Waals surface area contributed by atoms with Crippen molar-refractivity contribution in [3.8, 4) is 0 Å². The number of carbonyl (C=O) groups excluding carboxylic acids is 1. The molecule has 0 N–H and O–H groups in total. The van der Waals surface area contributed by atoms with Gasteiger partial charge in [-0.05, 0) is 6.42 Å². The third-order valence-corrected chi connectivity index (χ3v) is 6.36. The van der Waals surface area contributed by atoms with Gasteiger partial charge >= 0.3 is 0 Å². The number of aromatic nitrogens is 4. The monoisotopic (exact) mass is 418 g/mol. The van der Waals surface area contributed by atoms with E-state index in [-0.39, 0.29) is 31.8 Å². The minimum absolute atomic E-state index is 0.0559. The van der Waals surface area contributed by atoms with Gasteiger partial charge < -0.3 is 14.5 Å². The van der Waals surface area contributed by atoms with Crippen LogP contribution in [0.1, 0.15) is 40.9 Å². The zero-order valence-electron chi connectivity index (χ0n) is 16.9. The van der Waals surface area contributed by atoms with Crippen molar-refractivity contribution in [3.05, 3.63) is 35.4 Å². The number of alkyl halides is 2. The number of carbonyl (C=O) groups is 1. The first-order valence-corrected chi connectivity index (χ1v) is 10.2. The summed E-state index contributed by atoms with van der Waals surface area (Å²) in [5.41, 5.74) is 1.95. The molecule has 0 saturated carbocycles. The van der Waals surface area contributed by atoms with Crippen LogP contribution in [0.4, 0.5) is 14.7 Å². The molecule has 1 atom stereocenters. The number of piperidine rings is 1. The zero-order valence-corrected chi connectivity index (χ0v) is 16.9. The lowest BCUT2D eigenvalue weighted by molar-refractivity contribution is -0.0223. The molecule has 5 rings (SSSR count). The number of ether oxygens (including phenoxy) is 1. The first-order chi connectivity index (χ1) is 14.4. The van der Waals surface area contributed by atoms with Crippen molar-refractivity contribution >= 4 is 11.9 Å². The molecule has 1 amide bonds. The second kappa shape index (κ2) is 6.97. The number of halogens is 2. The Kier molecular flexibility index (Phi) is 4.49. The molecule has 8 nitrogen and oxygen atoms in total. The van der Waals surface area contributed by atoms with Crippen LogP contribution in [0.5, 0.6) is 0 Å². The normalized spacial score (nSPS) is 25.6. The predicted molar refractivity (Wildman–Crippen MR) is 103 cm³/mol. The minimum atomic E-state index is -2.61. The highest BCUT2D eigenvalue weighted by Crippen LogP contribution is 2.40. The second-order valence-electron chi connectivity index (χ2n) is 8.54. The third kappa shape index (κ3) is 3.32. The summed E-state index contributed by atoms with van der Waals surface area (Å²) < 4.78 is 34.5. The molecule has 2 fully saturated rings. The van der Waals surface area contributed by atoms with E-state index in [0.29, 0.717) is 37.8 Å². The Morgan fingerprint density at radius 1 is 1.17 bits per heavy atom. The molecule has 5 heterocycles. The standard InChI is InChI=1S/C20H24F2N6O2/c1-26-10-14(9-24-26)17(29)28-5-2-19(12-28)13-30-11-15-8-23-18(25-16(15)19)27-6-3-20(21,22)4-7-27/h8-10H,2-7,11-13H2,1H3/t19-/m0/s1. The Labute approximate surface area is 172 Å². The van der Waals surface area contributed by atoms with Gasteiger partial charge in [0.15, 0.2) is 0 Å². The van der Waals surface area contributed by atoms with E-state index in [1.54, 1.807) is 30.3 Å². The van der Waals surface area contributed by atoms with E-state index in [1.807, 2.05) is 9.80 Å². The molecular weight excluding hydrogens is 394 g/mol. The van der Waals surface area contributed by atoms with Gasteiger partial charge in [0.05, 0.1) is 36.1 Å². The van der Waals surface area contributed by atoms with Gasteiger partial charge in [-0.25, -0.2) is 18.7 Å². The Hall–Kier alpha value is -2.62. The smallest absolute Gasteiger partial charge is 0.257 e. The number of nitrogens with zero attached hydrogens (tertiary/aromatic N) is 6. The summed E-state index contributed by atoms with van der Waals surface area (Å²) in [6.45, 7) is 2.48. The molecular formula is C20H24F2N6O2. The molecule has 30 heavy (non-hydrogen) atoms. The van der Waals surface area contributed by atoms with Crippen LogP contribution in [0.2, 0.25) is 0 Å². The van der Waals surface area contributed by atoms with Crippen molar-refractivity contribution in [3.63, 3.8) is 0 Å². The maximum atomic E-state index is 13.5. The molecule has 0 unspecified atom stereocenters. The average molecular weight is 418 g/mol. The lowest BCUT2D eigenvalue weighted by Gasteiger charge is -2.36. The zero-order chi connectivity index (χ0) is 20.9. The van der Waals surface area contributed by atoms with E-state index in [9.17, 15) is 13.6 Å². The summed E-state index contributed by atoms with van der Waals surface area (Å²) in [4.78, 5) is 25.8. The fourth-order valence-corrected chi connectivity index (χ4v) is 4.64. The van der Waals surface area contributed by atoms with Crippen molar-refractivity contribution in [1.29, 1.82) is 0 Å². The summed E-state index contributed by atoms with van der Waals surface area (Å²) in [7, 11) is 1.78. The molecule has 160 valence electrons. The number of rotatable bonds is 2. The molecule has 0 radical (unpaired) electrons. The Morgan fingerprint density at radius 3 is 2.70 bits per heavy atom. The maximum Gasteiger partial charge on any atom is 0.257 e. The van der Waals surface area contributed by atoms with E-state index in [4.69, 9.17) is 9.72 Å². The molecule has 0 aromatic carbocycles. The number of hydrogen-bond donors (Lipinski definition) is 0. The average Bonchev–Trinajstić information content (AvgIpc) is 3.35. The Morgan fingerprint density at radius 2 is 1.97 bits per heavy atom. The first-order valence-electron chi connectivity index (χ1n) is 10.2. The van der Waals surface area contributed by atoms with Gasteiger partial charge in [0.25, 0.3) is 11.8 Å². The molecule has 3 aliphatic heterocycles. The summed E-state index contributed by atoms with van der Waals surface area (Å²) in [5.74, 6) is -2.18. The van der Waals surface area contributed by atoms with Gasteiger partial charge in [-0.15, -0.1) is 0 Å². The van der Waals surface area contributed by atoms with Crippen LogP contribution in [0, 0.1) is 0 Å². The van der Waals surface area contributed by atoms with Crippen LogP contribution < -0.4 is 4.90 Å². The quantitative estimate of drug-likeness (QED) is 0.740. The van der Waals surface area contributed by atoms with E-state index in [0.717, 1.165) is 17.7 Å². The fourth-order valence-electron chi connectivity index (χ4n) is 4.64. The third-order valence-electron chi connectivity index (χ3n) is 6.36. The Balaban J connectivity index is 1.40.